The van der Waals surface area contributed by atoms with E-state index in [0.29, 0.717) is 11.3 Å². The normalized spacial score (nSPS) is 14.7. The van der Waals surface area contributed by atoms with Crippen molar-refractivity contribution in [1.82, 2.24) is 8.87 Å². The van der Waals surface area contributed by atoms with Crippen LogP contribution in [-0.4, -0.2) is 50.6 Å². The number of ether oxygens (including phenoxy) is 1. The van der Waals surface area contributed by atoms with E-state index < -0.39 is 10.0 Å². The van der Waals surface area contributed by atoms with Crippen molar-refractivity contribution in [2.45, 2.75) is 11.4 Å². The summed E-state index contributed by atoms with van der Waals surface area (Å²) in [7, 11) is -2.12. The summed E-state index contributed by atoms with van der Waals surface area (Å²) in [4.78, 5) is 5.08. The number of piperazine rings is 1. The fourth-order valence-corrected chi connectivity index (χ4v) is 5.73. The number of benzene rings is 3. The molecule has 3 aromatic carbocycles. The van der Waals surface area contributed by atoms with Gasteiger partial charge in [-0.05, 0) is 54.1 Å². The molecule has 0 N–H and O–H groups in total. The Balaban J connectivity index is 0.00000274. The highest BCUT2D eigenvalue weighted by Crippen LogP contribution is 2.28. The van der Waals surface area contributed by atoms with Gasteiger partial charge in [0.15, 0.2) is 0 Å². The van der Waals surface area contributed by atoms with Crippen LogP contribution in [0.15, 0.2) is 90.0 Å². The van der Waals surface area contributed by atoms with Gasteiger partial charge in [-0.3, -0.25) is 4.90 Å². The van der Waals surface area contributed by atoms with Gasteiger partial charge in [-0.25, -0.2) is 12.4 Å². The van der Waals surface area contributed by atoms with Crippen LogP contribution in [0, 0.1) is 0 Å². The highest BCUT2D eigenvalue weighted by Gasteiger charge is 2.21. The Kier molecular flexibility index (Phi) is 7.16. The van der Waals surface area contributed by atoms with Crippen molar-refractivity contribution in [2.75, 3.05) is 38.2 Å². The predicted octanol–water partition coefficient (Wildman–Crippen LogP) is 4.63. The van der Waals surface area contributed by atoms with E-state index in [4.69, 9.17) is 4.74 Å². The van der Waals surface area contributed by atoms with E-state index >= 15 is 0 Å². The zero-order chi connectivity index (χ0) is 22.8. The quantitative estimate of drug-likeness (QED) is 0.389. The molecular formula is C26H28ClN3O3S. The molecule has 0 spiro atoms. The molecule has 1 saturated heterocycles. The Labute approximate surface area is 206 Å². The summed E-state index contributed by atoms with van der Waals surface area (Å²) in [6, 6.07) is 24.9. The number of aromatic nitrogens is 1. The monoisotopic (exact) mass is 497 g/mol. The van der Waals surface area contributed by atoms with E-state index in [0.717, 1.165) is 43.8 Å². The first-order chi connectivity index (χ1) is 16.0. The fourth-order valence-electron chi connectivity index (χ4n) is 4.38. The second-order valence-corrected chi connectivity index (χ2v) is 10.1. The highest BCUT2D eigenvalue weighted by atomic mass is 35.5. The summed E-state index contributed by atoms with van der Waals surface area (Å²) in [5.74, 6) is 0.625. The topological polar surface area (TPSA) is 54.8 Å². The van der Waals surface area contributed by atoms with Gasteiger partial charge in [0, 0.05) is 50.0 Å². The van der Waals surface area contributed by atoms with E-state index in [1.54, 1.807) is 37.6 Å². The molecule has 6 nitrogen and oxygen atoms in total. The van der Waals surface area contributed by atoms with Crippen molar-refractivity contribution in [3.05, 3.63) is 90.6 Å². The minimum atomic E-state index is -3.68. The van der Waals surface area contributed by atoms with Crippen LogP contribution < -0.4 is 9.64 Å². The van der Waals surface area contributed by atoms with Crippen molar-refractivity contribution < 1.29 is 13.2 Å². The first-order valence-corrected chi connectivity index (χ1v) is 12.5. The van der Waals surface area contributed by atoms with Gasteiger partial charge in [0.2, 0.25) is 0 Å². The first-order valence-electron chi connectivity index (χ1n) is 11.1. The molecule has 1 aromatic heterocycles. The average molecular weight is 498 g/mol. The lowest BCUT2D eigenvalue weighted by Crippen LogP contribution is -2.45. The third-order valence-corrected chi connectivity index (χ3v) is 7.94. The van der Waals surface area contributed by atoms with Crippen LogP contribution >= 0.6 is 12.4 Å². The lowest BCUT2D eigenvalue weighted by atomic mass is 10.1. The van der Waals surface area contributed by atoms with Crippen molar-refractivity contribution in [2.24, 2.45) is 0 Å². The summed E-state index contributed by atoms with van der Waals surface area (Å²) in [6.45, 7) is 4.87. The van der Waals surface area contributed by atoms with Crippen LogP contribution in [0.3, 0.4) is 0 Å². The molecule has 1 fully saturated rings. The van der Waals surface area contributed by atoms with Crippen molar-refractivity contribution in [1.29, 1.82) is 0 Å². The molecule has 8 heteroatoms. The second kappa shape index (κ2) is 10.1. The van der Waals surface area contributed by atoms with E-state index in [-0.39, 0.29) is 17.3 Å². The van der Waals surface area contributed by atoms with E-state index in [2.05, 4.69) is 40.1 Å². The number of methoxy groups -OCH3 is 1. The molecule has 2 heterocycles. The van der Waals surface area contributed by atoms with Crippen molar-refractivity contribution >= 4 is 39.0 Å². The first kappa shape index (κ1) is 24.1. The molecule has 4 aromatic rings. The number of fused-ring (bicyclic) bond motifs is 1. The highest BCUT2D eigenvalue weighted by molar-refractivity contribution is 7.90. The third kappa shape index (κ3) is 4.78. The minimum Gasteiger partial charge on any atom is -0.497 e. The number of rotatable bonds is 6. The summed E-state index contributed by atoms with van der Waals surface area (Å²) in [5.41, 5.74) is 3.14. The Morgan fingerprint density at radius 2 is 1.56 bits per heavy atom. The largest absolute Gasteiger partial charge is 0.497 e. The standard InChI is InChI=1S/C26H27N3O3S.ClH/c1-32-24-8-10-25(11-9-24)33(30,31)29-14-13-22-19-23(7-12-26(22)29)28-17-15-27(16-18-28)20-21-5-3-2-4-6-21;/h2-14,19H,15-18,20H2,1H3;1H. The molecule has 0 unspecified atom stereocenters. The van der Waals surface area contributed by atoms with Gasteiger partial charge in [0.25, 0.3) is 10.0 Å². The number of anilines is 1. The third-order valence-electron chi connectivity index (χ3n) is 6.24. The van der Waals surface area contributed by atoms with E-state index in [9.17, 15) is 8.42 Å². The number of hydrogen-bond donors (Lipinski definition) is 0. The fraction of sp³-hybridized carbons (Fsp3) is 0.231. The molecule has 1 aliphatic heterocycles. The molecule has 0 atom stereocenters. The lowest BCUT2D eigenvalue weighted by Gasteiger charge is -2.36. The maximum atomic E-state index is 13.2. The van der Waals surface area contributed by atoms with E-state index in [1.807, 2.05) is 24.3 Å². The minimum absolute atomic E-state index is 0. The Morgan fingerprint density at radius 3 is 2.24 bits per heavy atom. The van der Waals surface area contributed by atoms with E-state index in [1.165, 1.54) is 9.54 Å². The van der Waals surface area contributed by atoms with Gasteiger partial charge in [-0.15, -0.1) is 12.4 Å². The summed E-state index contributed by atoms with van der Waals surface area (Å²) in [5, 5.41) is 0.913. The van der Waals surface area contributed by atoms with Crippen LogP contribution in [0.2, 0.25) is 0 Å². The molecule has 0 aliphatic carbocycles. The Hall–Kier alpha value is -3.00. The van der Waals surface area contributed by atoms with Gasteiger partial charge in [0.05, 0.1) is 17.5 Å². The summed E-state index contributed by atoms with van der Waals surface area (Å²) < 4.78 is 32.9. The van der Waals surface area contributed by atoms with Crippen molar-refractivity contribution in [3.8, 4) is 5.75 Å². The number of halogens is 1. The second-order valence-electron chi connectivity index (χ2n) is 8.28. The van der Waals surface area contributed by atoms with Gasteiger partial charge in [-0.1, -0.05) is 30.3 Å². The predicted molar refractivity (Wildman–Crippen MR) is 139 cm³/mol. The molecule has 0 amide bonds. The molecule has 34 heavy (non-hydrogen) atoms. The van der Waals surface area contributed by atoms with Crippen LogP contribution in [-0.2, 0) is 16.6 Å². The Morgan fingerprint density at radius 1 is 0.853 bits per heavy atom. The Bertz CT molecular complexity index is 1350. The van der Waals surface area contributed by atoms with Crippen LogP contribution in [0.25, 0.3) is 10.9 Å². The van der Waals surface area contributed by atoms with Crippen LogP contribution in [0.4, 0.5) is 5.69 Å². The summed E-state index contributed by atoms with van der Waals surface area (Å²) >= 11 is 0. The SMILES string of the molecule is COc1ccc(S(=O)(=O)n2ccc3cc(N4CCN(Cc5ccccc5)CC4)ccc32)cc1.Cl. The molecule has 0 bridgehead atoms. The van der Waals surface area contributed by atoms with Gasteiger partial charge < -0.3 is 9.64 Å². The molecular weight excluding hydrogens is 470 g/mol. The maximum absolute atomic E-state index is 13.2. The molecule has 0 radical (unpaired) electrons. The van der Waals surface area contributed by atoms with Gasteiger partial charge in [0.1, 0.15) is 5.75 Å². The van der Waals surface area contributed by atoms with Gasteiger partial charge >= 0.3 is 0 Å². The maximum Gasteiger partial charge on any atom is 0.268 e. The molecule has 178 valence electrons. The van der Waals surface area contributed by atoms with Gasteiger partial charge in [-0.2, -0.15) is 0 Å². The van der Waals surface area contributed by atoms with Crippen molar-refractivity contribution in [3.63, 3.8) is 0 Å². The molecule has 0 saturated carbocycles. The number of nitrogens with zero attached hydrogens (tertiary/aromatic N) is 3. The van der Waals surface area contributed by atoms with Crippen LogP contribution in [0.1, 0.15) is 5.56 Å². The number of hydrogen-bond acceptors (Lipinski definition) is 5. The zero-order valence-corrected chi connectivity index (χ0v) is 20.6. The summed E-state index contributed by atoms with van der Waals surface area (Å²) in [6.07, 6.45) is 1.63. The average Bonchev–Trinajstić information content (AvgIpc) is 3.29. The zero-order valence-electron chi connectivity index (χ0n) is 19.0. The molecule has 1 aliphatic rings. The smallest absolute Gasteiger partial charge is 0.268 e. The molecule has 5 rings (SSSR count). The lowest BCUT2D eigenvalue weighted by molar-refractivity contribution is 0.250. The van der Waals surface area contributed by atoms with Crippen LogP contribution in [0.5, 0.6) is 5.75 Å².